The van der Waals surface area contributed by atoms with E-state index in [4.69, 9.17) is 0 Å². The van der Waals surface area contributed by atoms with Crippen molar-refractivity contribution in [1.82, 2.24) is 4.90 Å². The Balaban J connectivity index is 2.30. The van der Waals surface area contributed by atoms with Gasteiger partial charge in [-0.15, -0.1) is 0 Å². The van der Waals surface area contributed by atoms with Crippen LogP contribution in [0.1, 0.15) is 46.5 Å². The summed E-state index contributed by atoms with van der Waals surface area (Å²) in [5, 5.41) is 0. The molecule has 0 bridgehead atoms. The highest BCUT2D eigenvalue weighted by molar-refractivity contribution is 4.71. The van der Waals surface area contributed by atoms with Crippen molar-refractivity contribution in [2.45, 2.75) is 46.5 Å². The summed E-state index contributed by atoms with van der Waals surface area (Å²) in [6.45, 7) is 11.0. The first kappa shape index (κ1) is 11.0. The summed E-state index contributed by atoms with van der Waals surface area (Å²) in [6.07, 6.45) is 5.62. The zero-order valence-corrected chi connectivity index (χ0v) is 9.55. The summed E-state index contributed by atoms with van der Waals surface area (Å²) in [6, 6.07) is 0. The summed E-state index contributed by atoms with van der Waals surface area (Å²) >= 11 is 0. The fraction of sp³-hybridized carbons (Fsp3) is 1.00. The van der Waals surface area contributed by atoms with E-state index in [1.165, 1.54) is 45.3 Å². The van der Waals surface area contributed by atoms with Crippen molar-refractivity contribution >= 4 is 0 Å². The monoisotopic (exact) mass is 183 g/mol. The van der Waals surface area contributed by atoms with Crippen LogP contribution in [0.5, 0.6) is 0 Å². The summed E-state index contributed by atoms with van der Waals surface area (Å²) in [7, 11) is 0. The maximum Gasteiger partial charge on any atom is -0.00160 e. The quantitative estimate of drug-likeness (QED) is 0.649. The molecular weight excluding hydrogens is 158 g/mol. The van der Waals surface area contributed by atoms with E-state index in [0.717, 1.165) is 11.8 Å². The Bertz CT molecular complexity index is 131. The van der Waals surface area contributed by atoms with Crippen molar-refractivity contribution in [2.75, 3.05) is 19.6 Å². The molecule has 1 heterocycles. The second-order valence-corrected chi connectivity index (χ2v) is 4.78. The van der Waals surface area contributed by atoms with Crippen LogP contribution in [-0.2, 0) is 0 Å². The van der Waals surface area contributed by atoms with Crippen LogP contribution in [-0.4, -0.2) is 24.5 Å². The molecule has 0 N–H and O–H groups in total. The van der Waals surface area contributed by atoms with Gasteiger partial charge in [0.25, 0.3) is 0 Å². The first-order valence-electron chi connectivity index (χ1n) is 5.96. The molecule has 0 aromatic carbocycles. The van der Waals surface area contributed by atoms with E-state index in [9.17, 15) is 0 Å². The van der Waals surface area contributed by atoms with Crippen LogP contribution in [0, 0.1) is 11.8 Å². The normalized spacial score (nSPS) is 26.3. The Morgan fingerprint density at radius 3 is 2.62 bits per heavy atom. The molecule has 1 saturated heterocycles. The minimum absolute atomic E-state index is 0.890. The maximum atomic E-state index is 2.64. The largest absolute Gasteiger partial charge is 0.303 e. The van der Waals surface area contributed by atoms with Gasteiger partial charge in [0.2, 0.25) is 0 Å². The van der Waals surface area contributed by atoms with E-state index in [-0.39, 0.29) is 0 Å². The van der Waals surface area contributed by atoms with E-state index in [2.05, 4.69) is 25.7 Å². The number of nitrogens with zero attached hydrogens (tertiary/aromatic N) is 1. The number of hydrogen-bond acceptors (Lipinski definition) is 1. The van der Waals surface area contributed by atoms with Gasteiger partial charge in [-0.25, -0.2) is 0 Å². The molecule has 0 amide bonds. The molecule has 1 aliphatic rings. The molecule has 1 nitrogen and oxygen atoms in total. The molecular formula is C12H25N. The van der Waals surface area contributed by atoms with Crippen molar-refractivity contribution in [3.8, 4) is 0 Å². The zero-order chi connectivity index (χ0) is 9.68. The fourth-order valence-electron chi connectivity index (χ4n) is 2.39. The van der Waals surface area contributed by atoms with Crippen LogP contribution in [0.3, 0.4) is 0 Å². The Morgan fingerprint density at radius 2 is 2.00 bits per heavy atom. The van der Waals surface area contributed by atoms with Gasteiger partial charge in [0, 0.05) is 0 Å². The minimum atomic E-state index is 0.890. The molecule has 0 saturated carbocycles. The Kier molecular flexibility index (Phi) is 4.79. The summed E-state index contributed by atoms with van der Waals surface area (Å²) < 4.78 is 0. The highest BCUT2D eigenvalue weighted by Crippen LogP contribution is 2.24. The summed E-state index contributed by atoms with van der Waals surface area (Å²) in [5.74, 6) is 1.88. The van der Waals surface area contributed by atoms with E-state index >= 15 is 0 Å². The van der Waals surface area contributed by atoms with Crippen molar-refractivity contribution in [2.24, 2.45) is 11.8 Å². The van der Waals surface area contributed by atoms with Gasteiger partial charge < -0.3 is 4.90 Å². The van der Waals surface area contributed by atoms with Crippen LogP contribution in [0.2, 0.25) is 0 Å². The molecule has 0 aromatic rings. The zero-order valence-electron chi connectivity index (χ0n) is 9.55. The number of hydrogen-bond donors (Lipinski definition) is 0. The van der Waals surface area contributed by atoms with Gasteiger partial charge in [-0.2, -0.15) is 0 Å². The van der Waals surface area contributed by atoms with Gasteiger partial charge in [-0.3, -0.25) is 0 Å². The lowest BCUT2D eigenvalue weighted by Gasteiger charge is -2.20. The SMILES string of the molecule is CCCN1CCCC(C(C)C)CC1. The molecule has 1 rings (SSSR count). The fourth-order valence-corrected chi connectivity index (χ4v) is 2.39. The topological polar surface area (TPSA) is 3.24 Å². The smallest absolute Gasteiger partial charge is 0.00160 e. The van der Waals surface area contributed by atoms with Crippen LogP contribution in [0.15, 0.2) is 0 Å². The second-order valence-electron chi connectivity index (χ2n) is 4.78. The first-order chi connectivity index (χ1) is 6.24. The van der Waals surface area contributed by atoms with Crippen LogP contribution in [0.4, 0.5) is 0 Å². The molecule has 1 unspecified atom stereocenters. The summed E-state index contributed by atoms with van der Waals surface area (Å²) in [5.41, 5.74) is 0. The lowest BCUT2D eigenvalue weighted by molar-refractivity contribution is 0.272. The Morgan fingerprint density at radius 1 is 1.23 bits per heavy atom. The Hall–Kier alpha value is -0.0400. The molecule has 0 radical (unpaired) electrons. The molecule has 0 aromatic heterocycles. The van der Waals surface area contributed by atoms with Gasteiger partial charge >= 0.3 is 0 Å². The predicted molar refractivity (Wildman–Crippen MR) is 58.9 cm³/mol. The Labute approximate surface area is 83.5 Å². The van der Waals surface area contributed by atoms with Gasteiger partial charge in [0.05, 0.1) is 0 Å². The molecule has 0 spiro atoms. The van der Waals surface area contributed by atoms with E-state index in [1.807, 2.05) is 0 Å². The van der Waals surface area contributed by atoms with Gasteiger partial charge in [0.1, 0.15) is 0 Å². The van der Waals surface area contributed by atoms with Crippen LogP contribution >= 0.6 is 0 Å². The summed E-state index contributed by atoms with van der Waals surface area (Å²) in [4.78, 5) is 2.64. The minimum Gasteiger partial charge on any atom is -0.303 e. The number of likely N-dealkylation sites (tertiary alicyclic amines) is 1. The molecule has 1 heteroatoms. The van der Waals surface area contributed by atoms with Gasteiger partial charge in [-0.1, -0.05) is 20.8 Å². The van der Waals surface area contributed by atoms with E-state index in [1.54, 1.807) is 0 Å². The molecule has 0 aliphatic carbocycles. The number of rotatable bonds is 3. The van der Waals surface area contributed by atoms with Crippen molar-refractivity contribution < 1.29 is 0 Å². The third-order valence-corrected chi connectivity index (χ3v) is 3.35. The molecule has 1 aliphatic heterocycles. The lowest BCUT2D eigenvalue weighted by Crippen LogP contribution is -2.25. The van der Waals surface area contributed by atoms with Crippen LogP contribution in [0.25, 0.3) is 0 Å². The maximum absolute atomic E-state index is 2.64. The second kappa shape index (κ2) is 5.64. The van der Waals surface area contributed by atoms with Gasteiger partial charge in [0.15, 0.2) is 0 Å². The van der Waals surface area contributed by atoms with Crippen molar-refractivity contribution in [3.05, 3.63) is 0 Å². The highest BCUT2D eigenvalue weighted by Gasteiger charge is 2.18. The van der Waals surface area contributed by atoms with Gasteiger partial charge in [-0.05, 0) is 57.2 Å². The molecule has 1 fully saturated rings. The van der Waals surface area contributed by atoms with Crippen LogP contribution < -0.4 is 0 Å². The molecule has 13 heavy (non-hydrogen) atoms. The van der Waals surface area contributed by atoms with Crippen molar-refractivity contribution in [1.29, 1.82) is 0 Å². The van der Waals surface area contributed by atoms with E-state index in [0.29, 0.717) is 0 Å². The predicted octanol–water partition coefficient (Wildman–Crippen LogP) is 3.15. The average Bonchev–Trinajstić information content (AvgIpc) is 2.30. The first-order valence-corrected chi connectivity index (χ1v) is 5.96. The van der Waals surface area contributed by atoms with Crippen molar-refractivity contribution in [3.63, 3.8) is 0 Å². The molecule has 1 atom stereocenters. The third-order valence-electron chi connectivity index (χ3n) is 3.35. The third kappa shape index (κ3) is 3.68. The standard InChI is InChI=1S/C12H25N/c1-4-8-13-9-5-6-12(7-10-13)11(2)3/h11-12H,4-10H2,1-3H3. The lowest BCUT2D eigenvalue weighted by atomic mass is 9.89. The highest BCUT2D eigenvalue weighted by atomic mass is 15.1. The molecule has 78 valence electrons. The van der Waals surface area contributed by atoms with E-state index < -0.39 is 0 Å². The average molecular weight is 183 g/mol.